The molecule has 0 aliphatic rings. The molecule has 26 heavy (non-hydrogen) atoms. The van der Waals surface area contributed by atoms with E-state index >= 15 is 0 Å². The standard InChI is InChI=1S/C17H19BN4O3S/c1-10(2)17(23)22-13-8-26-15-14(13)20-9-21-16(15)19-7-11-3-5-12(6-4-11)18(24)25/h3-6,8-10,24-25H,7H2,1-2H3,(H,22,23)(H,19,20,21). The summed E-state index contributed by atoms with van der Waals surface area (Å²) in [6.45, 7) is 4.21. The van der Waals surface area contributed by atoms with Crippen molar-refractivity contribution in [2.75, 3.05) is 10.6 Å². The molecule has 0 radical (unpaired) electrons. The average molecular weight is 370 g/mol. The second kappa shape index (κ2) is 7.82. The Labute approximate surface area is 155 Å². The number of nitrogens with zero attached hydrogens (tertiary/aromatic N) is 2. The van der Waals surface area contributed by atoms with Crippen LogP contribution in [0.2, 0.25) is 0 Å². The van der Waals surface area contributed by atoms with Crippen molar-refractivity contribution >= 4 is 51.5 Å². The van der Waals surface area contributed by atoms with Gasteiger partial charge in [0, 0.05) is 17.8 Å². The Morgan fingerprint density at radius 1 is 1.23 bits per heavy atom. The number of anilines is 2. The lowest BCUT2D eigenvalue weighted by Crippen LogP contribution is -2.29. The Bertz CT molecular complexity index is 912. The van der Waals surface area contributed by atoms with E-state index in [1.54, 1.807) is 12.1 Å². The van der Waals surface area contributed by atoms with E-state index in [1.165, 1.54) is 17.7 Å². The molecule has 9 heteroatoms. The second-order valence-electron chi connectivity index (χ2n) is 6.16. The van der Waals surface area contributed by atoms with Crippen LogP contribution >= 0.6 is 11.3 Å². The number of amides is 1. The van der Waals surface area contributed by atoms with Gasteiger partial charge in [-0.1, -0.05) is 38.1 Å². The Balaban J connectivity index is 1.76. The maximum atomic E-state index is 11.9. The fraction of sp³-hybridized carbons (Fsp3) is 0.235. The molecule has 1 amide bonds. The van der Waals surface area contributed by atoms with E-state index in [9.17, 15) is 4.79 Å². The Hall–Kier alpha value is -2.49. The van der Waals surface area contributed by atoms with Crippen LogP contribution in [-0.2, 0) is 11.3 Å². The van der Waals surface area contributed by atoms with Gasteiger partial charge in [0.15, 0.2) is 0 Å². The van der Waals surface area contributed by atoms with Crippen molar-refractivity contribution in [3.05, 3.63) is 41.5 Å². The molecule has 2 aromatic heterocycles. The number of aromatic nitrogens is 2. The smallest absolute Gasteiger partial charge is 0.423 e. The molecule has 7 nitrogen and oxygen atoms in total. The van der Waals surface area contributed by atoms with Crippen molar-refractivity contribution in [1.82, 2.24) is 9.97 Å². The zero-order valence-corrected chi connectivity index (χ0v) is 15.2. The van der Waals surface area contributed by atoms with Gasteiger partial charge in [0.05, 0.1) is 10.4 Å². The first kappa shape index (κ1) is 18.3. The molecule has 0 unspecified atom stereocenters. The van der Waals surface area contributed by atoms with Crippen molar-refractivity contribution in [3.8, 4) is 0 Å². The number of benzene rings is 1. The first-order valence-corrected chi connectivity index (χ1v) is 9.05. The van der Waals surface area contributed by atoms with Gasteiger partial charge in [0.25, 0.3) is 0 Å². The number of thiophene rings is 1. The van der Waals surface area contributed by atoms with Gasteiger partial charge in [0.2, 0.25) is 5.91 Å². The van der Waals surface area contributed by atoms with Gasteiger partial charge in [0.1, 0.15) is 17.7 Å². The molecule has 4 N–H and O–H groups in total. The SMILES string of the molecule is CC(C)C(=O)Nc1csc2c(NCc3ccc(B(O)O)cc3)ncnc12. The zero-order valence-electron chi connectivity index (χ0n) is 14.4. The monoisotopic (exact) mass is 370 g/mol. The van der Waals surface area contributed by atoms with Gasteiger partial charge in [-0.05, 0) is 11.0 Å². The summed E-state index contributed by atoms with van der Waals surface area (Å²) in [7, 11) is -1.47. The number of hydrogen-bond donors (Lipinski definition) is 4. The molecule has 3 aromatic rings. The maximum absolute atomic E-state index is 11.9. The third kappa shape index (κ3) is 4.01. The van der Waals surface area contributed by atoms with Crippen LogP contribution < -0.4 is 16.1 Å². The molecular formula is C17H19BN4O3S. The van der Waals surface area contributed by atoms with Crippen LogP contribution in [0, 0.1) is 5.92 Å². The Kier molecular flexibility index (Phi) is 5.50. The lowest BCUT2D eigenvalue weighted by molar-refractivity contribution is -0.118. The van der Waals surface area contributed by atoms with Gasteiger partial charge in [-0.2, -0.15) is 0 Å². The van der Waals surface area contributed by atoms with Crippen molar-refractivity contribution in [1.29, 1.82) is 0 Å². The van der Waals surface area contributed by atoms with Crippen LogP contribution in [0.5, 0.6) is 0 Å². The van der Waals surface area contributed by atoms with Crippen LogP contribution in [0.1, 0.15) is 19.4 Å². The summed E-state index contributed by atoms with van der Waals surface area (Å²) in [5.74, 6) is 0.532. The lowest BCUT2D eigenvalue weighted by atomic mass is 9.80. The topological polar surface area (TPSA) is 107 Å². The van der Waals surface area contributed by atoms with E-state index in [2.05, 4.69) is 20.6 Å². The van der Waals surface area contributed by atoms with Crippen LogP contribution in [0.25, 0.3) is 10.2 Å². The predicted octanol–water partition coefficient (Wildman–Crippen LogP) is 1.58. The number of rotatable bonds is 6. The summed E-state index contributed by atoms with van der Waals surface area (Å²) in [6, 6.07) is 6.98. The number of hydrogen-bond acceptors (Lipinski definition) is 7. The summed E-state index contributed by atoms with van der Waals surface area (Å²) in [5, 5.41) is 26.3. The first-order chi connectivity index (χ1) is 12.5. The van der Waals surface area contributed by atoms with E-state index < -0.39 is 7.12 Å². The lowest BCUT2D eigenvalue weighted by Gasteiger charge is -2.08. The molecule has 0 bridgehead atoms. The van der Waals surface area contributed by atoms with Gasteiger partial charge in [-0.25, -0.2) is 9.97 Å². The maximum Gasteiger partial charge on any atom is 0.488 e. The summed E-state index contributed by atoms with van der Waals surface area (Å²) < 4.78 is 0.869. The molecule has 0 saturated carbocycles. The number of carbonyl (C=O) groups excluding carboxylic acids is 1. The highest BCUT2D eigenvalue weighted by atomic mass is 32.1. The van der Waals surface area contributed by atoms with Crippen molar-refractivity contribution in [3.63, 3.8) is 0 Å². The number of fused-ring (bicyclic) bond motifs is 1. The van der Waals surface area contributed by atoms with Crippen LogP contribution in [0.15, 0.2) is 36.0 Å². The molecule has 0 fully saturated rings. The van der Waals surface area contributed by atoms with E-state index in [-0.39, 0.29) is 11.8 Å². The number of nitrogens with one attached hydrogen (secondary N) is 2. The van der Waals surface area contributed by atoms with E-state index in [4.69, 9.17) is 10.0 Å². The highest BCUT2D eigenvalue weighted by molar-refractivity contribution is 7.18. The number of carbonyl (C=O) groups is 1. The zero-order chi connectivity index (χ0) is 18.7. The molecule has 0 atom stereocenters. The predicted molar refractivity (Wildman–Crippen MR) is 104 cm³/mol. The molecule has 1 aromatic carbocycles. The molecule has 0 aliphatic heterocycles. The third-order valence-electron chi connectivity index (χ3n) is 3.87. The first-order valence-electron chi connectivity index (χ1n) is 8.17. The normalized spacial score (nSPS) is 11.0. The van der Waals surface area contributed by atoms with Gasteiger partial charge in [-0.15, -0.1) is 11.3 Å². The molecule has 0 saturated heterocycles. The summed E-state index contributed by atoms with van der Waals surface area (Å²) in [4.78, 5) is 20.5. The molecule has 3 rings (SSSR count). The van der Waals surface area contributed by atoms with Crippen molar-refractivity contribution in [2.45, 2.75) is 20.4 Å². The highest BCUT2D eigenvalue weighted by Crippen LogP contribution is 2.33. The van der Waals surface area contributed by atoms with Gasteiger partial charge >= 0.3 is 7.12 Å². The summed E-state index contributed by atoms with van der Waals surface area (Å²) >= 11 is 1.47. The quantitative estimate of drug-likeness (QED) is 0.491. The molecular weight excluding hydrogens is 351 g/mol. The second-order valence-corrected chi connectivity index (χ2v) is 7.04. The van der Waals surface area contributed by atoms with Crippen LogP contribution in [-0.4, -0.2) is 33.0 Å². The largest absolute Gasteiger partial charge is 0.488 e. The minimum Gasteiger partial charge on any atom is -0.423 e. The van der Waals surface area contributed by atoms with E-state index in [0.29, 0.717) is 29.0 Å². The molecule has 0 spiro atoms. The van der Waals surface area contributed by atoms with E-state index in [0.717, 1.165) is 10.3 Å². The molecule has 0 aliphatic carbocycles. The van der Waals surface area contributed by atoms with Gasteiger partial charge < -0.3 is 20.7 Å². The van der Waals surface area contributed by atoms with Crippen molar-refractivity contribution < 1.29 is 14.8 Å². The van der Waals surface area contributed by atoms with Gasteiger partial charge in [-0.3, -0.25) is 4.79 Å². The Morgan fingerprint density at radius 3 is 2.62 bits per heavy atom. The highest BCUT2D eigenvalue weighted by Gasteiger charge is 2.14. The fourth-order valence-electron chi connectivity index (χ4n) is 2.34. The minimum atomic E-state index is -1.47. The van der Waals surface area contributed by atoms with Crippen LogP contribution in [0.3, 0.4) is 0 Å². The molecule has 134 valence electrons. The minimum absolute atomic E-state index is 0.0519. The fourth-order valence-corrected chi connectivity index (χ4v) is 3.25. The summed E-state index contributed by atoms with van der Waals surface area (Å²) in [5.41, 5.74) is 2.82. The third-order valence-corrected chi connectivity index (χ3v) is 4.85. The molecule has 2 heterocycles. The van der Waals surface area contributed by atoms with Crippen molar-refractivity contribution in [2.24, 2.45) is 5.92 Å². The summed E-state index contributed by atoms with van der Waals surface area (Å²) in [6.07, 6.45) is 1.47. The average Bonchev–Trinajstić information content (AvgIpc) is 3.03. The Morgan fingerprint density at radius 2 is 1.96 bits per heavy atom. The van der Waals surface area contributed by atoms with E-state index in [1.807, 2.05) is 31.4 Å². The van der Waals surface area contributed by atoms with Crippen LogP contribution in [0.4, 0.5) is 11.5 Å².